The number of carbonyl (C=O) groups is 3. The summed E-state index contributed by atoms with van der Waals surface area (Å²) in [6.45, 7) is -0.745. The summed E-state index contributed by atoms with van der Waals surface area (Å²) in [6, 6.07) is -4.41. The Hall–Kier alpha value is -2.67. The van der Waals surface area contributed by atoms with Crippen molar-refractivity contribution in [1.82, 2.24) is 16.0 Å². The molecular formula is C43H73N3O30. The molecule has 6 rings (SSSR count). The second-order valence-corrected chi connectivity index (χ2v) is 19.3. The molecule has 6 fully saturated rings. The lowest BCUT2D eigenvalue weighted by molar-refractivity contribution is -0.386. The molecule has 19 N–H and O–H groups in total. The Morgan fingerprint density at radius 3 is 1.25 bits per heavy atom. The topological polar surface area (TPSA) is 513 Å². The van der Waals surface area contributed by atoms with Gasteiger partial charge in [-0.3, -0.25) is 14.4 Å². The Balaban J connectivity index is 1.30. The van der Waals surface area contributed by atoms with Gasteiger partial charge in [0.15, 0.2) is 31.5 Å². The van der Waals surface area contributed by atoms with Crippen LogP contribution in [-0.2, 0) is 66.5 Å². The third kappa shape index (κ3) is 13.7. The third-order valence-corrected chi connectivity index (χ3v) is 13.9. The van der Waals surface area contributed by atoms with Crippen LogP contribution in [-0.4, -0.2) is 323 Å². The minimum Gasteiger partial charge on any atom is -0.394 e. The second-order valence-electron chi connectivity index (χ2n) is 19.3. The fraction of sp³-hybridized carbons (Fsp3) is 0.930. The Labute approximate surface area is 432 Å². The van der Waals surface area contributed by atoms with Crippen molar-refractivity contribution in [2.45, 2.75) is 212 Å². The smallest absolute Gasteiger partial charge is 0.217 e. The molecule has 0 spiro atoms. The maximum absolute atomic E-state index is 12.6. The van der Waals surface area contributed by atoms with Crippen molar-refractivity contribution in [2.75, 3.05) is 39.6 Å². The number of hydrogen-bond donors (Lipinski definition) is 19. The quantitative estimate of drug-likeness (QED) is 0.0571. The van der Waals surface area contributed by atoms with E-state index in [1.165, 1.54) is 13.8 Å². The van der Waals surface area contributed by atoms with Crippen LogP contribution in [0.25, 0.3) is 0 Å². The van der Waals surface area contributed by atoms with Gasteiger partial charge in [0.1, 0.15) is 140 Å². The van der Waals surface area contributed by atoms with Crippen molar-refractivity contribution >= 4 is 17.7 Å². The van der Waals surface area contributed by atoms with Gasteiger partial charge in [0.05, 0.1) is 51.8 Å². The second kappa shape index (κ2) is 27.2. The lowest BCUT2D eigenvalue weighted by atomic mass is 9.92. The van der Waals surface area contributed by atoms with Gasteiger partial charge in [0.2, 0.25) is 17.7 Å². The maximum atomic E-state index is 12.6. The molecule has 0 saturated carbocycles. The molecule has 0 aromatic carbocycles. The molecule has 76 heavy (non-hydrogen) atoms. The summed E-state index contributed by atoms with van der Waals surface area (Å²) in [7, 11) is 0. The standard InChI is InChI=1S/C43H73N3O30/c1-11-21(44-12(2)52)29(60)35(18(8-50)67-11)73-40-23(46-14(4)54)30(61)36(19(9-51)71-40)74-42-34(65)37(75-41-33(64)31(62)25(56)16(6-48)69-41)27(58)20(72-42)10-66-43-38(32(63)26(57)17(7-49)70-43)76-39-22(45-13(3)53)28(59)24(55)15(5-47)68-39/h11,15-43,47-51,55-65H,5-10H2,1-4H3,(H,44,52)(H,45,53)(H,46,54)/t11-,15?,16?,17?,18?,19?,20?,21?,22?,23?,24+,25+,26+,27+,28?,29?,30?,31?,32?,33?,34?,35+,36+,37?,38?,39-,40-,41+,42-,43-/m0/s1. The first-order valence-electron chi connectivity index (χ1n) is 24.4. The number of ether oxygens (including phenoxy) is 11. The van der Waals surface area contributed by atoms with Gasteiger partial charge >= 0.3 is 0 Å². The number of carbonyl (C=O) groups excluding carboxylic acids is 3. The largest absolute Gasteiger partial charge is 0.394 e. The molecule has 6 aliphatic rings. The van der Waals surface area contributed by atoms with E-state index in [9.17, 15) is 96.1 Å². The Morgan fingerprint density at radius 2 is 0.724 bits per heavy atom. The monoisotopic (exact) mass is 1110 g/mol. The van der Waals surface area contributed by atoms with Gasteiger partial charge in [-0.15, -0.1) is 0 Å². The molecule has 6 saturated heterocycles. The predicted octanol–water partition coefficient (Wildman–Crippen LogP) is -12.6. The molecule has 0 aromatic heterocycles. The zero-order chi connectivity index (χ0) is 56.2. The summed E-state index contributed by atoms with van der Waals surface area (Å²) in [5.41, 5.74) is 0. The molecule has 33 heteroatoms. The predicted molar refractivity (Wildman–Crippen MR) is 237 cm³/mol. The zero-order valence-electron chi connectivity index (χ0n) is 41.4. The van der Waals surface area contributed by atoms with Crippen LogP contribution in [0.1, 0.15) is 27.7 Å². The molecule has 30 atom stereocenters. The SMILES string of the molecule is CC(=O)NC1C(O)[C@H](O)C(CO)O[C@H]1OC1C(O)[C@H](O)C(CO)O[C@@H]1OCC1O[C@@H](O[C@@H]2C(CO)O[C@@H](O[C@@H]3C(CO)O[C@@H](C)C(NC(C)=O)C3O)C(NC(C)=O)C2O)C(O)C(O[C@H]2OC(CO)[C@@H](O)C(O)C2O)[C@@H]1O. The average Bonchev–Trinajstić information content (AvgIpc) is 3.37. The van der Waals surface area contributed by atoms with Crippen molar-refractivity contribution in [3.05, 3.63) is 0 Å². The van der Waals surface area contributed by atoms with Crippen LogP contribution >= 0.6 is 0 Å². The molecule has 0 radical (unpaired) electrons. The van der Waals surface area contributed by atoms with Crippen LogP contribution in [0.2, 0.25) is 0 Å². The van der Waals surface area contributed by atoms with E-state index in [0.717, 1.165) is 13.8 Å². The fourth-order valence-corrected chi connectivity index (χ4v) is 9.86. The molecule has 6 aliphatic heterocycles. The van der Waals surface area contributed by atoms with E-state index in [0.29, 0.717) is 0 Å². The van der Waals surface area contributed by atoms with E-state index >= 15 is 0 Å². The van der Waals surface area contributed by atoms with E-state index in [1.54, 1.807) is 0 Å². The Morgan fingerprint density at radius 1 is 0.355 bits per heavy atom. The van der Waals surface area contributed by atoms with E-state index in [4.69, 9.17) is 52.1 Å². The summed E-state index contributed by atoms with van der Waals surface area (Å²) < 4.78 is 64.4. The summed E-state index contributed by atoms with van der Waals surface area (Å²) in [5.74, 6) is -2.12. The van der Waals surface area contributed by atoms with Crippen LogP contribution in [0.5, 0.6) is 0 Å². The molecule has 0 bridgehead atoms. The van der Waals surface area contributed by atoms with Crippen molar-refractivity contribution in [3.8, 4) is 0 Å². The summed E-state index contributed by atoms with van der Waals surface area (Å²) >= 11 is 0. The first-order valence-corrected chi connectivity index (χ1v) is 24.4. The number of hydrogen-bond acceptors (Lipinski definition) is 30. The summed E-state index contributed by atoms with van der Waals surface area (Å²) in [6.07, 6.45) is -49.5. The molecule has 6 heterocycles. The number of aliphatic hydroxyl groups excluding tert-OH is 16. The summed E-state index contributed by atoms with van der Waals surface area (Å²) in [5, 5.41) is 181. The van der Waals surface area contributed by atoms with E-state index in [-0.39, 0.29) is 0 Å². The Bertz CT molecular complexity index is 1870. The highest BCUT2D eigenvalue weighted by molar-refractivity contribution is 5.74. The van der Waals surface area contributed by atoms with Gasteiger partial charge in [-0.05, 0) is 6.92 Å². The van der Waals surface area contributed by atoms with Gasteiger partial charge in [-0.2, -0.15) is 0 Å². The average molecular weight is 1110 g/mol. The minimum absolute atomic E-state index is 0.561. The number of nitrogens with one attached hydrogen (secondary N) is 3. The lowest BCUT2D eigenvalue weighted by Gasteiger charge is -2.50. The van der Waals surface area contributed by atoms with Crippen molar-refractivity contribution in [1.29, 1.82) is 0 Å². The zero-order valence-corrected chi connectivity index (χ0v) is 41.4. The number of amides is 3. The van der Waals surface area contributed by atoms with Crippen LogP contribution in [0, 0.1) is 0 Å². The maximum Gasteiger partial charge on any atom is 0.217 e. The highest BCUT2D eigenvalue weighted by Gasteiger charge is 2.57. The van der Waals surface area contributed by atoms with Gasteiger partial charge in [-0.25, -0.2) is 0 Å². The van der Waals surface area contributed by atoms with E-state index < -0.39 is 241 Å². The van der Waals surface area contributed by atoms with Crippen LogP contribution in [0.4, 0.5) is 0 Å². The first kappa shape index (κ1) is 62.5. The minimum atomic E-state index is -2.26. The van der Waals surface area contributed by atoms with E-state index in [1.807, 2.05) is 0 Å². The van der Waals surface area contributed by atoms with Crippen LogP contribution < -0.4 is 16.0 Å². The van der Waals surface area contributed by atoms with Crippen molar-refractivity contribution in [2.24, 2.45) is 0 Å². The number of rotatable bonds is 19. The van der Waals surface area contributed by atoms with Crippen molar-refractivity contribution < 1.29 is 148 Å². The normalized spacial score (nSPS) is 48.2. The molecule has 0 aromatic rings. The molecule has 33 nitrogen and oxygen atoms in total. The lowest BCUT2D eigenvalue weighted by Crippen LogP contribution is -2.70. The van der Waals surface area contributed by atoms with Gasteiger partial charge in [0.25, 0.3) is 0 Å². The van der Waals surface area contributed by atoms with Crippen LogP contribution in [0.3, 0.4) is 0 Å². The fourth-order valence-electron chi connectivity index (χ4n) is 9.86. The van der Waals surface area contributed by atoms with Crippen molar-refractivity contribution in [3.63, 3.8) is 0 Å². The molecule has 0 aliphatic carbocycles. The molecule has 440 valence electrons. The Kier molecular flexibility index (Phi) is 22.4. The van der Waals surface area contributed by atoms with Gasteiger partial charge in [0, 0.05) is 20.8 Å². The highest BCUT2D eigenvalue weighted by Crippen LogP contribution is 2.36. The highest BCUT2D eigenvalue weighted by atomic mass is 16.8. The molecule has 3 amide bonds. The molecular weight excluding hydrogens is 1040 g/mol. The number of aliphatic hydroxyl groups is 16. The summed E-state index contributed by atoms with van der Waals surface area (Å²) in [4.78, 5) is 36.8. The molecule has 18 unspecified atom stereocenters. The first-order chi connectivity index (χ1) is 35.9. The van der Waals surface area contributed by atoms with Gasteiger partial charge in [-0.1, -0.05) is 0 Å². The van der Waals surface area contributed by atoms with E-state index in [2.05, 4.69) is 16.0 Å². The third-order valence-electron chi connectivity index (χ3n) is 13.9. The van der Waals surface area contributed by atoms with Crippen LogP contribution in [0.15, 0.2) is 0 Å². The van der Waals surface area contributed by atoms with Gasteiger partial charge < -0.3 is 150 Å².